The zero-order valence-corrected chi connectivity index (χ0v) is 12.4. The average molecular weight is 303 g/mol. The van der Waals surface area contributed by atoms with Crippen molar-refractivity contribution < 1.29 is 4.39 Å². The standard InChI is InChI=1S/C19H14FN3/c20-13-6-5-12-9-19(23(14-7-8-14)18(12)10-13)16-11-21-22-17-4-2-1-3-15(16)17/h1-6,9-11,14H,7-8H2. The Kier molecular flexibility index (Phi) is 2.56. The number of hydrogen-bond acceptors (Lipinski definition) is 2. The fraction of sp³-hybridized carbons (Fsp3) is 0.158. The summed E-state index contributed by atoms with van der Waals surface area (Å²) in [5.41, 5.74) is 3.99. The first-order chi connectivity index (χ1) is 11.3. The van der Waals surface area contributed by atoms with Gasteiger partial charge in [0.2, 0.25) is 0 Å². The molecule has 1 saturated carbocycles. The zero-order valence-electron chi connectivity index (χ0n) is 12.4. The summed E-state index contributed by atoms with van der Waals surface area (Å²) in [5, 5.41) is 10.5. The second kappa shape index (κ2) is 4.62. The molecule has 4 heteroatoms. The molecular weight excluding hydrogens is 289 g/mol. The highest BCUT2D eigenvalue weighted by Gasteiger charge is 2.28. The van der Waals surface area contributed by atoms with Gasteiger partial charge in [-0.2, -0.15) is 10.2 Å². The van der Waals surface area contributed by atoms with E-state index in [4.69, 9.17) is 0 Å². The molecule has 5 rings (SSSR count). The first kappa shape index (κ1) is 12.8. The summed E-state index contributed by atoms with van der Waals surface area (Å²) in [6, 6.07) is 15.6. The number of rotatable bonds is 2. The summed E-state index contributed by atoms with van der Waals surface area (Å²) < 4.78 is 16.0. The highest BCUT2D eigenvalue weighted by Crippen LogP contribution is 2.43. The minimum atomic E-state index is -0.193. The molecule has 0 atom stereocenters. The van der Waals surface area contributed by atoms with Gasteiger partial charge in [0.25, 0.3) is 0 Å². The SMILES string of the molecule is Fc1ccc2cc(-c3cnnc4ccccc34)n(C3CC3)c2c1. The van der Waals surface area contributed by atoms with Gasteiger partial charge < -0.3 is 4.57 Å². The topological polar surface area (TPSA) is 30.7 Å². The molecule has 0 aliphatic heterocycles. The van der Waals surface area contributed by atoms with E-state index >= 15 is 0 Å². The van der Waals surface area contributed by atoms with Gasteiger partial charge in [0, 0.05) is 22.4 Å². The molecule has 4 aromatic rings. The summed E-state index contributed by atoms with van der Waals surface area (Å²) >= 11 is 0. The molecule has 0 saturated heterocycles. The van der Waals surface area contributed by atoms with E-state index in [1.165, 1.54) is 6.07 Å². The van der Waals surface area contributed by atoms with Gasteiger partial charge >= 0.3 is 0 Å². The molecule has 2 aromatic carbocycles. The Hall–Kier alpha value is -2.75. The van der Waals surface area contributed by atoms with Crippen LogP contribution < -0.4 is 0 Å². The monoisotopic (exact) mass is 303 g/mol. The maximum Gasteiger partial charge on any atom is 0.125 e. The van der Waals surface area contributed by atoms with Crippen molar-refractivity contribution in [2.75, 3.05) is 0 Å². The molecule has 3 nitrogen and oxygen atoms in total. The minimum Gasteiger partial charge on any atom is -0.337 e. The fourth-order valence-corrected chi connectivity index (χ4v) is 3.34. The predicted octanol–water partition coefficient (Wildman–Crippen LogP) is 4.73. The number of fused-ring (bicyclic) bond motifs is 2. The van der Waals surface area contributed by atoms with E-state index in [-0.39, 0.29) is 5.82 Å². The van der Waals surface area contributed by atoms with Crippen molar-refractivity contribution in [3.05, 3.63) is 60.5 Å². The lowest BCUT2D eigenvalue weighted by atomic mass is 10.1. The van der Waals surface area contributed by atoms with E-state index in [2.05, 4.69) is 26.9 Å². The van der Waals surface area contributed by atoms with E-state index in [1.807, 2.05) is 30.5 Å². The molecule has 0 amide bonds. The van der Waals surface area contributed by atoms with Crippen molar-refractivity contribution in [2.45, 2.75) is 18.9 Å². The smallest absolute Gasteiger partial charge is 0.125 e. The van der Waals surface area contributed by atoms with Gasteiger partial charge in [-0.15, -0.1) is 0 Å². The largest absolute Gasteiger partial charge is 0.337 e. The summed E-state index contributed by atoms with van der Waals surface area (Å²) in [5.74, 6) is -0.193. The second-order valence-electron chi connectivity index (χ2n) is 6.11. The Balaban J connectivity index is 1.87. The van der Waals surface area contributed by atoms with Crippen LogP contribution in [0.15, 0.2) is 54.7 Å². The van der Waals surface area contributed by atoms with Crippen molar-refractivity contribution in [2.24, 2.45) is 0 Å². The van der Waals surface area contributed by atoms with Crippen LogP contribution in [-0.4, -0.2) is 14.8 Å². The number of aromatic nitrogens is 3. The maximum atomic E-state index is 13.7. The van der Waals surface area contributed by atoms with E-state index < -0.39 is 0 Å². The van der Waals surface area contributed by atoms with Crippen LogP contribution in [0.1, 0.15) is 18.9 Å². The number of halogens is 1. The Morgan fingerprint density at radius 2 is 1.91 bits per heavy atom. The molecule has 0 spiro atoms. The van der Waals surface area contributed by atoms with Gasteiger partial charge in [-0.25, -0.2) is 4.39 Å². The van der Waals surface area contributed by atoms with Crippen molar-refractivity contribution in [1.29, 1.82) is 0 Å². The Labute approximate surface area is 132 Å². The van der Waals surface area contributed by atoms with Crippen LogP contribution in [0, 0.1) is 5.82 Å². The number of benzene rings is 2. The minimum absolute atomic E-state index is 0.193. The fourth-order valence-electron chi connectivity index (χ4n) is 3.34. The first-order valence-electron chi connectivity index (χ1n) is 7.82. The van der Waals surface area contributed by atoms with Gasteiger partial charge in [0.15, 0.2) is 0 Å². The molecule has 0 radical (unpaired) electrons. The summed E-state index contributed by atoms with van der Waals surface area (Å²) in [7, 11) is 0. The zero-order chi connectivity index (χ0) is 15.4. The summed E-state index contributed by atoms with van der Waals surface area (Å²) in [4.78, 5) is 0. The van der Waals surface area contributed by atoms with Gasteiger partial charge in [-0.05, 0) is 43.2 Å². The van der Waals surface area contributed by atoms with E-state index in [9.17, 15) is 4.39 Å². The predicted molar refractivity (Wildman–Crippen MR) is 88.7 cm³/mol. The molecule has 1 aliphatic rings. The molecular formula is C19H14FN3. The molecule has 1 fully saturated rings. The van der Waals surface area contributed by atoms with E-state index in [1.54, 1.807) is 6.07 Å². The molecule has 0 unspecified atom stereocenters. The molecule has 0 N–H and O–H groups in total. The molecule has 1 aliphatic carbocycles. The quantitative estimate of drug-likeness (QED) is 0.536. The van der Waals surface area contributed by atoms with Crippen molar-refractivity contribution in [3.63, 3.8) is 0 Å². The van der Waals surface area contributed by atoms with Crippen molar-refractivity contribution in [1.82, 2.24) is 14.8 Å². The second-order valence-corrected chi connectivity index (χ2v) is 6.11. The van der Waals surface area contributed by atoms with Crippen LogP contribution in [-0.2, 0) is 0 Å². The highest BCUT2D eigenvalue weighted by atomic mass is 19.1. The first-order valence-corrected chi connectivity index (χ1v) is 7.82. The Morgan fingerprint density at radius 3 is 2.78 bits per heavy atom. The van der Waals surface area contributed by atoms with Crippen LogP contribution >= 0.6 is 0 Å². The molecule has 23 heavy (non-hydrogen) atoms. The van der Waals surface area contributed by atoms with Crippen LogP contribution in [0.5, 0.6) is 0 Å². The normalized spacial score (nSPS) is 14.7. The van der Waals surface area contributed by atoms with Gasteiger partial charge in [-0.3, -0.25) is 0 Å². The Bertz CT molecular complexity index is 1040. The van der Waals surface area contributed by atoms with Crippen molar-refractivity contribution >= 4 is 21.8 Å². The summed E-state index contributed by atoms with van der Waals surface area (Å²) in [6.07, 6.45) is 4.10. The number of nitrogens with zero attached hydrogens (tertiary/aromatic N) is 3. The van der Waals surface area contributed by atoms with E-state index in [0.717, 1.165) is 45.9 Å². The summed E-state index contributed by atoms with van der Waals surface area (Å²) in [6.45, 7) is 0. The molecule has 112 valence electrons. The lowest BCUT2D eigenvalue weighted by Gasteiger charge is -2.11. The lowest BCUT2D eigenvalue weighted by Crippen LogP contribution is -1.98. The van der Waals surface area contributed by atoms with Gasteiger partial charge in [0.1, 0.15) is 5.82 Å². The molecule has 0 bridgehead atoms. The third-order valence-electron chi connectivity index (χ3n) is 4.54. The molecule has 2 heterocycles. The lowest BCUT2D eigenvalue weighted by molar-refractivity contribution is 0.628. The van der Waals surface area contributed by atoms with Crippen LogP contribution in [0.2, 0.25) is 0 Å². The Morgan fingerprint density at radius 1 is 1.04 bits per heavy atom. The van der Waals surface area contributed by atoms with Crippen LogP contribution in [0.3, 0.4) is 0 Å². The van der Waals surface area contributed by atoms with Gasteiger partial charge in [0.05, 0.1) is 22.9 Å². The highest BCUT2D eigenvalue weighted by molar-refractivity contribution is 5.97. The average Bonchev–Trinajstić information content (AvgIpc) is 3.35. The van der Waals surface area contributed by atoms with Crippen molar-refractivity contribution in [3.8, 4) is 11.3 Å². The maximum absolute atomic E-state index is 13.7. The van der Waals surface area contributed by atoms with E-state index in [0.29, 0.717) is 6.04 Å². The molecule has 2 aromatic heterocycles. The third-order valence-corrected chi connectivity index (χ3v) is 4.54. The third kappa shape index (κ3) is 1.95. The van der Waals surface area contributed by atoms with Crippen LogP contribution in [0.25, 0.3) is 33.1 Å². The number of hydrogen-bond donors (Lipinski definition) is 0. The van der Waals surface area contributed by atoms with Crippen LogP contribution in [0.4, 0.5) is 4.39 Å². The van der Waals surface area contributed by atoms with Gasteiger partial charge in [-0.1, -0.05) is 18.2 Å².